The van der Waals surface area contributed by atoms with Crippen molar-refractivity contribution in [1.29, 1.82) is 0 Å². The van der Waals surface area contributed by atoms with Crippen LogP contribution in [0.2, 0.25) is 0 Å². The molecule has 0 aliphatic heterocycles. The number of H-pyrrole nitrogens is 1. The number of rotatable bonds is 1. The van der Waals surface area contributed by atoms with Crippen molar-refractivity contribution in [3.8, 4) is 0 Å². The van der Waals surface area contributed by atoms with Gasteiger partial charge in [0.25, 0.3) is 5.56 Å². The quantitative estimate of drug-likeness (QED) is 0.759. The van der Waals surface area contributed by atoms with E-state index < -0.39 is 0 Å². The minimum absolute atomic E-state index is 0.0937. The molecule has 94 valence electrons. The van der Waals surface area contributed by atoms with Gasteiger partial charge in [0.05, 0.1) is 5.69 Å². The topological polar surface area (TPSA) is 45.8 Å². The van der Waals surface area contributed by atoms with Crippen LogP contribution in [0.25, 0.3) is 0 Å². The van der Waals surface area contributed by atoms with Gasteiger partial charge in [0.15, 0.2) is 0 Å². The monoisotopic (exact) mass is 234 g/mol. The molecule has 1 aromatic rings. The van der Waals surface area contributed by atoms with Gasteiger partial charge in [0.1, 0.15) is 5.82 Å². The second kappa shape index (κ2) is 4.63. The summed E-state index contributed by atoms with van der Waals surface area (Å²) in [7, 11) is 0. The Morgan fingerprint density at radius 3 is 2.59 bits per heavy atom. The van der Waals surface area contributed by atoms with Crippen molar-refractivity contribution in [3.63, 3.8) is 0 Å². The third kappa shape index (κ3) is 3.18. The van der Waals surface area contributed by atoms with Gasteiger partial charge in [-0.25, -0.2) is 4.98 Å². The molecule has 3 nitrogen and oxygen atoms in total. The van der Waals surface area contributed by atoms with Crippen LogP contribution in [0.1, 0.15) is 57.1 Å². The van der Waals surface area contributed by atoms with Crippen molar-refractivity contribution in [1.82, 2.24) is 9.97 Å². The average Bonchev–Trinajstić information content (AvgIpc) is 2.40. The van der Waals surface area contributed by atoms with Crippen LogP contribution >= 0.6 is 0 Å². The predicted molar refractivity (Wildman–Crippen MR) is 69.3 cm³/mol. The van der Waals surface area contributed by atoms with Gasteiger partial charge in [0.2, 0.25) is 0 Å². The van der Waals surface area contributed by atoms with Gasteiger partial charge < -0.3 is 4.98 Å². The third-order valence-corrected chi connectivity index (χ3v) is 3.19. The molecule has 0 saturated carbocycles. The lowest BCUT2D eigenvalue weighted by atomic mass is 9.92. The number of fused-ring (bicyclic) bond motifs is 1. The molecular weight excluding hydrogens is 212 g/mol. The summed E-state index contributed by atoms with van der Waals surface area (Å²) in [6, 6.07) is 0. The van der Waals surface area contributed by atoms with Crippen LogP contribution in [0.5, 0.6) is 0 Å². The average molecular weight is 234 g/mol. The Bertz CT molecular complexity index is 454. The van der Waals surface area contributed by atoms with Gasteiger partial charge in [-0.05, 0) is 31.1 Å². The molecule has 0 unspecified atom stereocenters. The van der Waals surface area contributed by atoms with Gasteiger partial charge >= 0.3 is 0 Å². The van der Waals surface area contributed by atoms with Crippen LogP contribution in [0, 0.1) is 5.41 Å². The summed E-state index contributed by atoms with van der Waals surface area (Å²) in [6.07, 6.45) is 6.19. The Balaban J connectivity index is 2.36. The molecule has 1 aliphatic rings. The van der Waals surface area contributed by atoms with E-state index in [0.717, 1.165) is 42.8 Å². The van der Waals surface area contributed by atoms with Crippen LogP contribution in [0.4, 0.5) is 0 Å². The molecule has 0 radical (unpaired) electrons. The highest BCUT2D eigenvalue weighted by Crippen LogP contribution is 2.20. The molecule has 0 spiro atoms. The second-order valence-corrected chi connectivity index (χ2v) is 6.24. The molecule has 0 saturated heterocycles. The highest BCUT2D eigenvalue weighted by atomic mass is 16.1. The zero-order valence-electron chi connectivity index (χ0n) is 11.1. The van der Waals surface area contributed by atoms with Gasteiger partial charge in [-0.2, -0.15) is 0 Å². The highest BCUT2D eigenvalue weighted by Gasteiger charge is 2.17. The minimum Gasteiger partial charge on any atom is -0.310 e. The van der Waals surface area contributed by atoms with Crippen LogP contribution in [0.3, 0.4) is 0 Å². The Labute approximate surface area is 103 Å². The molecule has 1 aliphatic carbocycles. The maximum Gasteiger partial charge on any atom is 0.254 e. The van der Waals surface area contributed by atoms with Crippen LogP contribution in [0.15, 0.2) is 4.79 Å². The lowest BCUT2D eigenvalue weighted by Crippen LogP contribution is -2.22. The molecule has 1 aromatic heterocycles. The maximum absolute atomic E-state index is 12.0. The first-order valence-corrected chi connectivity index (χ1v) is 6.57. The Morgan fingerprint density at radius 2 is 1.88 bits per heavy atom. The first-order valence-electron chi connectivity index (χ1n) is 6.57. The summed E-state index contributed by atoms with van der Waals surface area (Å²) < 4.78 is 0. The van der Waals surface area contributed by atoms with Gasteiger partial charge in [0, 0.05) is 12.0 Å². The Hall–Kier alpha value is -1.12. The van der Waals surface area contributed by atoms with E-state index in [1.807, 2.05) is 0 Å². The molecule has 1 heterocycles. The van der Waals surface area contributed by atoms with Gasteiger partial charge in [-0.3, -0.25) is 4.79 Å². The van der Waals surface area contributed by atoms with Crippen molar-refractivity contribution in [2.45, 2.75) is 59.3 Å². The van der Waals surface area contributed by atoms with Crippen molar-refractivity contribution in [2.24, 2.45) is 5.41 Å². The zero-order chi connectivity index (χ0) is 12.5. The van der Waals surface area contributed by atoms with Crippen molar-refractivity contribution in [2.75, 3.05) is 0 Å². The number of aryl methyl sites for hydroxylation is 1. The fourth-order valence-corrected chi connectivity index (χ4v) is 2.42. The second-order valence-electron chi connectivity index (χ2n) is 6.24. The van der Waals surface area contributed by atoms with Crippen molar-refractivity contribution >= 4 is 0 Å². The van der Waals surface area contributed by atoms with Gasteiger partial charge in [-0.15, -0.1) is 0 Å². The molecule has 0 amide bonds. The standard InChI is InChI=1S/C14H22N2O/c1-14(2,3)9-12-15-11-8-6-4-5-7-10(11)13(17)16-12/h4-9H2,1-3H3,(H,15,16,17). The SMILES string of the molecule is CC(C)(C)Cc1nc2c(c(=O)[nH]1)CCCCC2. The molecule has 17 heavy (non-hydrogen) atoms. The fraction of sp³-hybridized carbons (Fsp3) is 0.714. The van der Waals surface area contributed by atoms with E-state index in [1.165, 1.54) is 12.8 Å². The van der Waals surface area contributed by atoms with Crippen molar-refractivity contribution < 1.29 is 0 Å². The Kier molecular flexibility index (Phi) is 3.36. The summed E-state index contributed by atoms with van der Waals surface area (Å²) >= 11 is 0. The lowest BCUT2D eigenvalue weighted by molar-refractivity contribution is 0.399. The van der Waals surface area contributed by atoms with Gasteiger partial charge in [-0.1, -0.05) is 27.2 Å². The van der Waals surface area contributed by atoms with Crippen LogP contribution in [-0.2, 0) is 19.3 Å². The summed E-state index contributed by atoms with van der Waals surface area (Å²) in [6.45, 7) is 6.50. The molecule has 0 bridgehead atoms. The van der Waals surface area contributed by atoms with Crippen molar-refractivity contribution in [3.05, 3.63) is 27.4 Å². The number of nitrogens with one attached hydrogen (secondary N) is 1. The predicted octanol–water partition coefficient (Wildman–Crippen LogP) is 2.63. The highest BCUT2D eigenvalue weighted by molar-refractivity contribution is 5.19. The summed E-state index contributed by atoms with van der Waals surface area (Å²) in [4.78, 5) is 19.6. The number of hydrogen-bond donors (Lipinski definition) is 1. The molecule has 0 atom stereocenters. The smallest absolute Gasteiger partial charge is 0.254 e. The fourth-order valence-electron chi connectivity index (χ4n) is 2.42. The molecular formula is C14H22N2O. The molecule has 3 heteroatoms. The lowest BCUT2D eigenvalue weighted by Gasteiger charge is -2.17. The van der Waals surface area contributed by atoms with E-state index in [-0.39, 0.29) is 11.0 Å². The summed E-state index contributed by atoms with van der Waals surface area (Å²) in [5, 5.41) is 0. The van der Waals surface area contributed by atoms with E-state index in [1.54, 1.807) is 0 Å². The van der Waals surface area contributed by atoms with E-state index in [2.05, 4.69) is 30.7 Å². The normalized spacial score (nSPS) is 16.4. The minimum atomic E-state index is 0.0937. The third-order valence-electron chi connectivity index (χ3n) is 3.19. The molecule has 1 N–H and O–H groups in total. The number of nitrogens with zero attached hydrogens (tertiary/aromatic N) is 1. The molecule has 0 aromatic carbocycles. The molecule has 0 fully saturated rings. The van der Waals surface area contributed by atoms with E-state index >= 15 is 0 Å². The first-order chi connectivity index (χ1) is 7.96. The first kappa shape index (κ1) is 12.3. The zero-order valence-corrected chi connectivity index (χ0v) is 11.1. The van der Waals surface area contributed by atoms with E-state index in [4.69, 9.17) is 0 Å². The number of aromatic nitrogens is 2. The largest absolute Gasteiger partial charge is 0.310 e. The summed E-state index contributed by atoms with van der Waals surface area (Å²) in [5.41, 5.74) is 2.23. The Morgan fingerprint density at radius 1 is 1.18 bits per heavy atom. The van der Waals surface area contributed by atoms with E-state index in [9.17, 15) is 4.79 Å². The number of aromatic amines is 1. The molecule has 2 rings (SSSR count). The van der Waals surface area contributed by atoms with Crippen LogP contribution < -0.4 is 5.56 Å². The van der Waals surface area contributed by atoms with E-state index in [0.29, 0.717) is 0 Å². The maximum atomic E-state index is 12.0. The number of hydrogen-bond acceptors (Lipinski definition) is 2. The summed E-state index contributed by atoms with van der Waals surface area (Å²) in [5.74, 6) is 0.850. The van der Waals surface area contributed by atoms with Crippen LogP contribution in [-0.4, -0.2) is 9.97 Å².